The van der Waals surface area contributed by atoms with Crippen LogP contribution in [0.4, 0.5) is 5.69 Å². The Bertz CT molecular complexity index is 575. The minimum atomic E-state index is -0.728. The molecule has 0 bridgehead atoms. The summed E-state index contributed by atoms with van der Waals surface area (Å²) < 4.78 is 16.4. The van der Waals surface area contributed by atoms with Crippen molar-refractivity contribution < 1.29 is 19.0 Å². The van der Waals surface area contributed by atoms with Crippen molar-refractivity contribution in [3.63, 3.8) is 0 Å². The highest BCUT2D eigenvalue weighted by molar-refractivity contribution is 5.97. The van der Waals surface area contributed by atoms with Gasteiger partial charge in [-0.15, -0.1) is 0 Å². The highest BCUT2D eigenvalue weighted by Gasteiger charge is 2.42. The van der Waals surface area contributed by atoms with E-state index in [9.17, 15) is 4.79 Å². The van der Waals surface area contributed by atoms with E-state index in [0.717, 1.165) is 31.2 Å². The Morgan fingerprint density at radius 1 is 1.44 bits per heavy atom. The van der Waals surface area contributed by atoms with Crippen molar-refractivity contribution in [2.45, 2.75) is 52.1 Å². The molecule has 6 nitrogen and oxygen atoms in total. The summed E-state index contributed by atoms with van der Waals surface area (Å²) in [7, 11) is 1.63. The third-order valence-corrected chi connectivity index (χ3v) is 4.60. The molecule has 2 atom stereocenters. The Balaban J connectivity index is 2.06. The molecule has 0 aromatic carbocycles. The van der Waals surface area contributed by atoms with E-state index in [1.165, 1.54) is 0 Å². The molecule has 0 radical (unpaired) electrons. The van der Waals surface area contributed by atoms with Crippen LogP contribution in [0, 0.1) is 12.8 Å². The molecule has 1 aromatic heterocycles. The molecule has 25 heavy (non-hydrogen) atoms. The summed E-state index contributed by atoms with van der Waals surface area (Å²) in [6.07, 6.45) is 5.31. The van der Waals surface area contributed by atoms with Gasteiger partial charge >= 0.3 is 0 Å². The Hall–Kier alpha value is -1.66. The van der Waals surface area contributed by atoms with Crippen LogP contribution in [0.15, 0.2) is 12.3 Å². The number of hydrogen-bond acceptors (Lipinski definition) is 5. The first-order valence-electron chi connectivity index (χ1n) is 9.04. The molecule has 0 saturated heterocycles. The summed E-state index contributed by atoms with van der Waals surface area (Å²) in [6.45, 7) is 7.51. The summed E-state index contributed by atoms with van der Waals surface area (Å²) >= 11 is 0. The smallest absolute Gasteiger partial charge is 0.256 e. The first-order chi connectivity index (χ1) is 12.0. The van der Waals surface area contributed by atoms with E-state index < -0.39 is 5.60 Å². The molecule has 1 aromatic rings. The zero-order chi connectivity index (χ0) is 18.3. The first kappa shape index (κ1) is 19.7. The number of ether oxygens (including phenoxy) is 3. The molecule has 140 valence electrons. The van der Waals surface area contributed by atoms with Crippen molar-refractivity contribution in [2.24, 2.45) is 5.92 Å². The second-order valence-corrected chi connectivity index (χ2v) is 6.77. The minimum absolute atomic E-state index is 0.0739. The molecule has 1 heterocycles. The SMILES string of the molecule is CCO[C@@]1(C(=O)Nc2cnc(OCCOC)c(C)c2)CCC[C@@H](C)C1. The second-order valence-electron chi connectivity index (χ2n) is 6.77. The molecule has 1 saturated carbocycles. The van der Waals surface area contributed by atoms with Gasteiger partial charge in [-0.1, -0.05) is 13.3 Å². The van der Waals surface area contributed by atoms with Crippen molar-refractivity contribution in [3.05, 3.63) is 17.8 Å². The second kappa shape index (κ2) is 9.15. The van der Waals surface area contributed by atoms with Crippen LogP contribution < -0.4 is 10.1 Å². The number of pyridine rings is 1. The third kappa shape index (κ3) is 5.16. The number of hydrogen-bond donors (Lipinski definition) is 1. The molecule has 1 amide bonds. The summed E-state index contributed by atoms with van der Waals surface area (Å²) in [4.78, 5) is 17.2. The van der Waals surface area contributed by atoms with Crippen LogP contribution >= 0.6 is 0 Å². The van der Waals surface area contributed by atoms with E-state index in [2.05, 4.69) is 17.2 Å². The molecule has 6 heteroatoms. The van der Waals surface area contributed by atoms with Gasteiger partial charge in [0.25, 0.3) is 5.91 Å². The zero-order valence-electron chi connectivity index (χ0n) is 15.8. The average molecular weight is 350 g/mol. The standard InChI is InChI=1S/C19H30N2O4/c1-5-25-19(8-6-7-14(2)12-19)18(22)21-16-11-15(3)17(20-13-16)24-10-9-23-4/h11,13-14H,5-10,12H2,1-4H3,(H,21,22)/t14-,19+/m1/s1. The molecule has 1 aliphatic carbocycles. The minimum Gasteiger partial charge on any atom is -0.475 e. The van der Waals surface area contributed by atoms with E-state index in [4.69, 9.17) is 14.2 Å². The normalized spacial score (nSPS) is 23.3. The molecular formula is C19H30N2O4. The van der Waals surface area contributed by atoms with Crippen molar-refractivity contribution in [1.29, 1.82) is 0 Å². The molecule has 1 aliphatic rings. The summed E-state index contributed by atoms with van der Waals surface area (Å²) in [6, 6.07) is 1.87. The van der Waals surface area contributed by atoms with Gasteiger partial charge in [-0.05, 0) is 45.1 Å². The highest BCUT2D eigenvalue weighted by atomic mass is 16.5. The van der Waals surface area contributed by atoms with Gasteiger partial charge in [-0.3, -0.25) is 4.79 Å². The van der Waals surface area contributed by atoms with E-state index in [1.54, 1.807) is 13.3 Å². The molecular weight excluding hydrogens is 320 g/mol. The Morgan fingerprint density at radius 3 is 2.88 bits per heavy atom. The van der Waals surface area contributed by atoms with Crippen molar-refractivity contribution >= 4 is 11.6 Å². The highest BCUT2D eigenvalue weighted by Crippen LogP contribution is 2.36. The van der Waals surface area contributed by atoms with E-state index in [-0.39, 0.29) is 5.91 Å². The predicted molar refractivity (Wildman–Crippen MR) is 97.0 cm³/mol. The monoisotopic (exact) mass is 350 g/mol. The number of anilines is 1. The number of methoxy groups -OCH3 is 1. The molecule has 0 unspecified atom stereocenters. The summed E-state index contributed by atoms with van der Waals surface area (Å²) in [5.74, 6) is 0.971. The number of rotatable bonds is 8. The maximum atomic E-state index is 12.9. The quantitative estimate of drug-likeness (QED) is 0.728. The molecule has 1 fully saturated rings. The number of aryl methyl sites for hydroxylation is 1. The van der Waals surface area contributed by atoms with Crippen LogP contribution in [-0.2, 0) is 14.3 Å². The molecule has 0 aliphatic heterocycles. The van der Waals surface area contributed by atoms with Crippen LogP contribution in [0.25, 0.3) is 0 Å². The Labute approximate surface area is 150 Å². The topological polar surface area (TPSA) is 69.7 Å². The van der Waals surface area contributed by atoms with Gasteiger partial charge in [0.1, 0.15) is 12.2 Å². The molecule has 1 N–H and O–H groups in total. The number of nitrogens with zero attached hydrogens (tertiary/aromatic N) is 1. The van der Waals surface area contributed by atoms with Gasteiger partial charge in [0.15, 0.2) is 0 Å². The summed E-state index contributed by atoms with van der Waals surface area (Å²) in [5.41, 5.74) is 0.809. The third-order valence-electron chi connectivity index (χ3n) is 4.60. The molecule has 2 rings (SSSR count). The lowest BCUT2D eigenvalue weighted by Gasteiger charge is -2.38. The number of carbonyl (C=O) groups is 1. The van der Waals surface area contributed by atoms with Crippen LogP contribution in [-0.4, -0.2) is 43.4 Å². The van der Waals surface area contributed by atoms with Gasteiger partial charge in [0, 0.05) is 19.3 Å². The first-order valence-corrected chi connectivity index (χ1v) is 9.04. The van der Waals surface area contributed by atoms with E-state index in [1.807, 2.05) is 19.9 Å². The molecule has 0 spiro atoms. The van der Waals surface area contributed by atoms with Gasteiger partial charge in [0.2, 0.25) is 5.88 Å². The van der Waals surface area contributed by atoms with Crippen LogP contribution in [0.2, 0.25) is 0 Å². The average Bonchev–Trinajstić information content (AvgIpc) is 2.57. The van der Waals surface area contributed by atoms with Gasteiger partial charge in [-0.2, -0.15) is 0 Å². The largest absolute Gasteiger partial charge is 0.475 e. The predicted octanol–water partition coefficient (Wildman–Crippen LogP) is 3.34. The van der Waals surface area contributed by atoms with Crippen molar-refractivity contribution in [1.82, 2.24) is 4.98 Å². The number of aromatic nitrogens is 1. The Kier molecular flexibility index (Phi) is 7.20. The number of carbonyl (C=O) groups excluding carboxylic acids is 1. The van der Waals surface area contributed by atoms with Crippen LogP contribution in [0.3, 0.4) is 0 Å². The fourth-order valence-corrected chi connectivity index (χ4v) is 3.43. The lowest BCUT2D eigenvalue weighted by Crippen LogP contribution is -2.48. The van der Waals surface area contributed by atoms with Gasteiger partial charge in [-0.25, -0.2) is 4.98 Å². The van der Waals surface area contributed by atoms with Crippen molar-refractivity contribution in [3.8, 4) is 5.88 Å². The van der Waals surface area contributed by atoms with Gasteiger partial charge in [0.05, 0.1) is 18.5 Å². The van der Waals surface area contributed by atoms with Gasteiger partial charge < -0.3 is 19.5 Å². The maximum absolute atomic E-state index is 12.9. The number of nitrogens with one attached hydrogen (secondary N) is 1. The zero-order valence-corrected chi connectivity index (χ0v) is 15.8. The van der Waals surface area contributed by atoms with Crippen LogP contribution in [0.5, 0.6) is 5.88 Å². The summed E-state index contributed by atoms with van der Waals surface area (Å²) in [5, 5.41) is 2.99. The Morgan fingerprint density at radius 2 is 2.24 bits per heavy atom. The fourth-order valence-electron chi connectivity index (χ4n) is 3.43. The maximum Gasteiger partial charge on any atom is 0.256 e. The van der Waals surface area contributed by atoms with Crippen LogP contribution in [0.1, 0.15) is 45.1 Å². The number of amides is 1. The van der Waals surface area contributed by atoms with E-state index in [0.29, 0.717) is 37.3 Å². The fraction of sp³-hybridized carbons (Fsp3) is 0.684. The lowest BCUT2D eigenvalue weighted by atomic mass is 9.78. The van der Waals surface area contributed by atoms with E-state index >= 15 is 0 Å². The van der Waals surface area contributed by atoms with Crippen molar-refractivity contribution in [2.75, 3.05) is 32.2 Å². The lowest BCUT2D eigenvalue weighted by molar-refractivity contribution is -0.147.